The summed E-state index contributed by atoms with van der Waals surface area (Å²) < 4.78 is 26.1. The lowest BCUT2D eigenvalue weighted by Gasteiger charge is -2.49. The summed E-state index contributed by atoms with van der Waals surface area (Å²) >= 11 is 0. The molecule has 11 heteroatoms. The van der Waals surface area contributed by atoms with Crippen LogP contribution in [0.5, 0.6) is 11.5 Å². The number of amides is 2. The molecule has 1 fully saturated rings. The minimum absolute atomic E-state index is 0.0399. The second-order valence-corrected chi connectivity index (χ2v) is 10.7. The summed E-state index contributed by atoms with van der Waals surface area (Å²) in [5.74, 6) is -0.274. The molecule has 3 aromatic rings. The van der Waals surface area contributed by atoms with Crippen molar-refractivity contribution < 1.29 is 23.5 Å². The van der Waals surface area contributed by atoms with Crippen LogP contribution in [0.15, 0.2) is 48.8 Å². The van der Waals surface area contributed by atoms with Crippen LogP contribution < -0.4 is 20.1 Å². The number of anilines is 2. The normalized spacial score (nSPS) is 18.2. The van der Waals surface area contributed by atoms with Crippen LogP contribution in [0.25, 0.3) is 11.3 Å². The van der Waals surface area contributed by atoms with Crippen molar-refractivity contribution in [3.8, 4) is 22.8 Å². The first-order valence-electron chi connectivity index (χ1n) is 13.5. The molecule has 10 nitrogen and oxygen atoms in total. The number of hydrogen-bond donors (Lipinski definition) is 3. The predicted octanol–water partition coefficient (Wildman–Crippen LogP) is 3.74. The predicted molar refractivity (Wildman–Crippen MR) is 154 cm³/mol. The Labute approximate surface area is 238 Å². The topological polar surface area (TPSA) is 112 Å². The highest BCUT2D eigenvalue weighted by Gasteiger charge is 2.43. The summed E-state index contributed by atoms with van der Waals surface area (Å²) in [6.45, 7) is 4.11. The molecule has 2 aliphatic heterocycles. The highest BCUT2D eigenvalue weighted by molar-refractivity contribution is 6.06. The molecule has 0 spiro atoms. The van der Waals surface area contributed by atoms with Gasteiger partial charge in [-0.05, 0) is 45.6 Å². The molecule has 1 atom stereocenters. The van der Waals surface area contributed by atoms with Crippen molar-refractivity contribution in [1.82, 2.24) is 25.1 Å². The van der Waals surface area contributed by atoms with Crippen LogP contribution >= 0.6 is 0 Å². The van der Waals surface area contributed by atoms with Crippen LogP contribution in [-0.4, -0.2) is 84.6 Å². The van der Waals surface area contributed by atoms with Crippen molar-refractivity contribution in [2.24, 2.45) is 0 Å². The zero-order valence-corrected chi connectivity index (χ0v) is 23.7. The molecule has 41 heavy (non-hydrogen) atoms. The SMILES string of the molecule is COc1c(F)cccc1Nc1c(-c2ccncc2OC[C@]2(C)CCN2C(=O)/C=C/CN(C)C)[nH]c2c1C(=O)NCC2. The Balaban J connectivity index is 1.45. The molecule has 5 rings (SSSR count). The summed E-state index contributed by atoms with van der Waals surface area (Å²) in [7, 11) is 5.29. The first-order valence-corrected chi connectivity index (χ1v) is 13.5. The van der Waals surface area contributed by atoms with E-state index in [4.69, 9.17) is 9.47 Å². The highest BCUT2D eigenvalue weighted by Crippen LogP contribution is 2.42. The minimum Gasteiger partial charge on any atom is -0.492 e. The number of aromatic nitrogens is 2. The lowest BCUT2D eigenvalue weighted by molar-refractivity contribution is -0.143. The Morgan fingerprint density at radius 3 is 2.88 bits per heavy atom. The fourth-order valence-electron chi connectivity index (χ4n) is 5.18. The first kappa shape index (κ1) is 28.2. The number of hydrogen-bond acceptors (Lipinski definition) is 7. The second kappa shape index (κ2) is 11.6. The molecular weight excluding hydrogens is 527 g/mol. The van der Waals surface area contributed by atoms with Crippen molar-refractivity contribution in [3.63, 3.8) is 0 Å². The number of nitrogens with one attached hydrogen (secondary N) is 3. The van der Waals surface area contributed by atoms with Gasteiger partial charge in [-0.3, -0.25) is 14.6 Å². The van der Waals surface area contributed by atoms with Crippen molar-refractivity contribution in [2.75, 3.05) is 52.8 Å². The maximum Gasteiger partial charge on any atom is 0.255 e. The number of pyridine rings is 1. The quantitative estimate of drug-likeness (QED) is 0.323. The zero-order valence-electron chi connectivity index (χ0n) is 23.7. The van der Waals surface area contributed by atoms with E-state index in [9.17, 15) is 14.0 Å². The zero-order chi connectivity index (χ0) is 29.1. The van der Waals surface area contributed by atoms with Gasteiger partial charge in [-0.25, -0.2) is 4.39 Å². The third kappa shape index (κ3) is 5.62. The van der Waals surface area contributed by atoms with Gasteiger partial charge in [0, 0.05) is 49.6 Å². The van der Waals surface area contributed by atoms with E-state index in [-0.39, 0.29) is 24.2 Å². The Bertz CT molecular complexity index is 1490. The van der Waals surface area contributed by atoms with Gasteiger partial charge in [0.15, 0.2) is 11.6 Å². The van der Waals surface area contributed by atoms with Crippen LogP contribution in [0.3, 0.4) is 0 Å². The number of likely N-dealkylation sites (N-methyl/N-ethyl adjacent to an activating group) is 1. The van der Waals surface area contributed by atoms with E-state index in [1.807, 2.05) is 36.9 Å². The first-order chi connectivity index (χ1) is 19.7. The number of carbonyl (C=O) groups excluding carboxylic acids is 2. The van der Waals surface area contributed by atoms with Gasteiger partial charge in [0.25, 0.3) is 5.91 Å². The van der Waals surface area contributed by atoms with E-state index in [1.165, 1.54) is 13.2 Å². The van der Waals surface area contributed by atoms with Crippen molar-refractivity contribution in [1.29, 1.82) is 0 Å². The van der Waals surface area contributed by atoms with Crippen molar-refractivity contribution in [2.45, 2.75) is 25.3 Å². The number of methoxy groups -OCH3 is 1. The summed E-state index contributed by atoms with van der Waals surface area (Å²) in [6, 6.07) is 6.37. The Morgan fingerprint density at radius 1 is 1.32 bits per heavy atom. The molecule has 3 N–H and O–H groups in total. The van der Waals surface area contributed by atoms with Gasteiger partial charge in [0.2, 0.25) is 5.91 Å². The third-order valence-corrected chi connectivity index (χ3v) is 7.51. The summed E-state index contributed by atoms with van der Waals surface area (Å²) in [6.07, 6.45) is 8.14. The smallest absolute Gasteiger partial charge is 0.255 e. The number of para-hydroxylation sites is 1. The summed E-state index contributed by atoms with van der Waals surface area (Å²) in [4.78, 5) is 37.3. The number of H-pyrrole nitrogens is 1. The summed E-state index contributed by atoms with van der Waals surface area (Å²) in [5.41, 5.74) is 2.88. The molecule has 0 bridgehead atoms. The van der Waals surface area contributed by atoms with Crippen LogP contribution in [0.4, 0.5) is 15.8 Å². The van der Waals surface area contributed by atoms with E-state index in [1.54, 1.807) is 36.7 Å². The molecule has 4 heterocycles. The second-order valence-electron chi connectivity index (χ2n) is 10.7. The number of ether oxygens (including phenoxy) is 2. The molecule has 2 aromatic heterocycles. The van der Waals surface area contributed by atoms with Gasteiger partial charge >= 0.3 is 0 Å². The number of aromatic amines is 1. The number of nitrogens with zero attached hydrogens (tertiary/aromatic N) is 3. The standard InChI is InChI=1S/C30H35FN6O4/c1-30(12-16-37(30)24(38)9-6-15-36(2)3)18-41-23-17-32-13-10-19(23)26-27(25-21(34-26)11-14-33-29(25)39)35-22-8-5-7-20(31)28(22)40-4/h5-10,13,17,34-35H,11-12,14-16,18H2,1-4H3,(H,33,39)/b9-6+/t30-/m0/s1. The minimum atomic E-state index is -0.523. The number of carbonyl (C=O) groups is 2. The van der Waals surface area contributed by atoms with Crippen LogP contribution in [-0.2, 0) is 11.2 Å². The number of fused-ring (bicyclic) bond motifs is 1. The Kier molecular flexibility index (Phi) is 7.98. The molecule has 0 saturated carbocycles. The van der Waals surface area contributed by atoms with E-state index in [0.717, 1.165) is 12.1 Å². The molecule has 0 radical (unpaired) electrons. The highest BCUT2D eigenvalue weighted by atomic mass is 19.1. The lowest BCUT2D eigenvalue weighted by Crippen LogP contribution is -2.62. The number of rotatable bonds is 10. The molecular formula is C30H35FN6O4. The number of likely N-dealkylation sites (tertiary alicyclic amines) is 1. The van der Waals surface area contributed by atoms with Gasteiger partial charge < -0.3 is 34.9 Å². The number of benzene rings is 1. The van der Waals surface area contributed by atoms with E-state index < -0.39 is 11.4 Å². The molecule has 1 aromatic carbocycles. The van der Waals surface area contributed by atoms with Crippen LogP contribution in [0.1, 0.15) is 29.4 Å². The maximum absolute atomic E-state index is 14.5. The number of halogens is 1. The van der Waals surface area contributed by atoms with E-state index in [0.29, 0.717) is 60.0 Å². The molecule has 2 aliphatic rings. The maximum atomic E-state index is 14.5. The molecule has 1 saturated heterocycles. The largest absolute Gasteiger partial charge is 0.492 e. The van der Waals surface area contributed by atoms with Crippen molar-refractivity contribution >= 4 is 23.2 Å². The van der Waals surface area contributed by atoms with Gasteiger partial charge in [-0.2, -0.15) is 0 Å². The molecule has 0 aliphatic carbocycles. The average Bonchev–Trinajstić information content (AvgIpc) is 3.30. The van der Waals surface area contributed by atoms with Crippen molar-refractivity contribution in [3.05, 3.63) is 65.9 Å². The fraction of sp³-hybridized carbons (Fsp3) is 0.367. The third-order valence-electron chi connectivity index (χ3n) is 7.51. The average molecular weight is 563 g/mol. The van der Waals surface area contributed by atoms with Crippen LogP contribution in [0, 0.1) is 5.82 Å². The Morgan fingerprint density at radius 2 is 2.15 bits per heavy atom. The van der Waals surface area contributed by atoms with Gasteiger partial charge in [-0.15, -0.1) is 0 Å². The van der Waals surface area contributed by atoms with Gasteiger partial charge in [0.05, 0.1) is 41.5 Å². The van der Waals surface area contributed by atoms with E-state index in [2.05, 4.69) is 20.6 Å². The Hall–Kier alpha value is -4.38. The van der Waals surface area contributed by atoms with Gasteiger partial charge in [-0.1, -0.05) is 12.1 Å². The van der Waals surface area contributed by atoms with E-state index >= 15 is 0 Å². The fourth-order valence-corrected chi connectivity index (χ4v) is 5.18. The lowest BCUT2D eigenvalue weighted by atomic mass is 9.87. The monoisotopic (exact) mass is 562 g/mol. The van der Waals surface area contributed by atoms with Crippen LogP contribution in [0.2, 0.25) is 0 Å². The molecule has 2 amide bonds. The molecule has 0 unspecified atom stereocenters. The summed E-state index contributed by atoms with van der Waals surface area (Å²) in [5, 5.41) is 6.13. The van der Waals surface area contributed by atoms with Gasteiger partial charge in [0.1, 0.15) is 12.4 Å². The molecule has 216 valence electrons.